The monoisotopic (exact) mass is 453 g/mol. The highest BCUT2D eigenvalue weighted by atomic mass is 79.9. The third-order valence-electron chi connectivity index (χ3n) is 6.38. The molecule has 3 amide bonds. The summed E-state index contributed by atoms with van der Waals surface area (Å²) in [5, 5.41) is 6.21. The lowest BCUT2D eigenvalue weighted by Gasteiger charge is -2.29. The molecule has 2 aromatic carbocycles. The molecule has 4 atom stereocenters. The molecule has 0 saturated carbocycles. The van der Waals surface area contributed by atoms with Crippen molar-refractivity contribution < 1.29 is 14.4 Å². The Hall–Kier alpha value is -2.51. The van der Waals surface area contributed by atoms with Gasteiger partial charge in [0.25, 0.3) is 0 Å². The van der Waals surface area contributed by atoms with Crippen molar-refractivity contribution in [2.45, 2.75) is 24.9 Å². The molecule has 0 aromatic heterocycles. The predicted octanol–water partition coefficient (Wildman–Crippen LogP) is 2.43. The van der Waals surface area contributed by atoms with E-state index in [1.807, 2.05) is 55.5 Å². The Labute approximate surface area is 176 Å². The van der Waals surface area contributed by atoms with Crippen molar-refractivity contribution in [2.24, 2.45) is 11.8 Å². The van der Waals surface area contributed by atoms with E-state index >= 15 is 0 Å². The van der Waals surface area contributed by atoms with Gasteiger partial charge in [-0.15, -0.1) is 0 Å². The van der Waals surface area contributed by atoms with Crippen LogP contribution in [0.15, 0.2) is 53.0 Å². The lowest BCUT2D eigenvalue weighted by atomic mass is 9.76. The summed E-state index contributed by atoms with van der Waals surface area (Å²) >= 11 is 3.46. The molecule has 2 saturated heterocycles. The van der Waals surface area contributed by atoms with Crippen LogP contribution in [0.4, 0.5) is 5.69 Å². The number of likely N-dealkylation sites (tertiary alicyclic amines) is 1. The van der Waals surface area contributed by atoms with Crippen LogP contribution in [0, 0.1) is 11.8 Å². The van der Waals surface area contributed by atoms with Gasteiger partial charge in [-0.2, -0.15) is 0 Å². The number of carbonyl (C=O) groups is 3. The van der Waals surface area contributed by atoms with E-state index in [1.165, 1.54) is 4.90 Å². The van der Waals surface area contributed by atoms with Gasteiger partial charge in [0.05, 0.1) is 11.8 Å². The number of fused-ring (bicyclic) bond motifs is 4. The number of imide groups is 1. The first-order chi connectivity index (χ1) is 13.9. The Morgan fingerprint density at radius 3 is 2.59 bits per heavy atom. The van der Waals surface area contributed by atoms with Gasteiger partial charge in [-0.1, -0.05) is 46.3 Å². The first kappa shape index (κ1) is 18.5. The fourth-order valence-electron chi connectivity index (χ4n) is 5.10. The second-order valence-corrected chi connectivity index (χ2v) is 8.87. The van der Waals surface area contributed by atoms with Crippen LogP contribution in [-0.4, -0.2) is 35.2 Å². The SMILES string of the molecule is CC1NC2(C(=O)Nc3ccc(Br)cc32)[C@@H]2C(=O)N(CCc3ccccc3)C(=O)[C@H]12. The van der Waals surface area contributed by atoms with Crippen molar-refractivity contribution in [3.63, 3.8) is 0 Å². The van der Waals surface area contributed by atoms with Crippen molar-refractivity contribution in [1.82, 2.24) is 10.2 Å². The summed E-state index contributed by atoms with van der Waals surface area (Å²) in [5.74, 6) is -2.01. The number of nitrogens with zero attached hydrogens (tertiary/aromatic N) is 1. The standard InChI is InChI=1S/C22H20BrN3O3/c1-12-17-18(20(28)26(19(17)27)10-9-13-5-3-2-4-6-13)22(25-12)15-11-14(23)7-8-16(15)24-21(22)29/h2-8,11-12,17-18,25H,9-10H2,1H3,(H,24,29)/t12?,17-,18+,22?/m1/s1. The first-order valence-electron chi connectivity index (χ1n) is 9.72. The Bertz CT molecular complexity index is 1040. The van der Waals surface area contributed by atoms with Crippen LogP contribution in [-0.2, 0) is 26.3 Å². The van der Waals surface area contributed by atoms with Crippen LogP contribution in [0.5, 0.6) is 0 Å². The lowest BCUT2D eigenvalue weighted by molar-refractivity contribution is -0.142. The average molecular weight is 454 g/mol. The molecule has 0 aliphatic carbocycles. The number of halogens is 1. The van der Waals surface area contributed by atoms with Crippen LogP contribution in [0.3, 0.4) is 0 Å². The molecule has 29 heavy (non-hydrogen) atoms. The second kappa shape index (κ2) is 6.50. The van der Waals surface area contributed by atoms with Crippen LogP contribution in [0.1, 0.15) is 18.1 Å². The van der Waals surface area contributed by atoms with Crippen molar-refractivity contribution in [2.75, 3.05) is 11.9 Å². The second-order valence-electron chi connectivity index (χ2n) is 7.95. The zero-order valence-corrected chi connectivity index (χ0v) is 17.4. The van der Waals surface area contributed by atoms with E-state index in [9.17, 15) is 14.4 Å². The molecule has 1 spiro atoms. The number of hydrogen-bond donors (Lipinski definition) is 2. The highest BCUT2D eigenvalue weighted by Gasteiger charge is 2.69. The van der Waals surface area contributed by atoms with E-state index in [-0.39, 0.29) is 23.8 Å². The Kier molecular flexibility index (Phi) is 4.15. The molecule has 0 bridgehead atoms. The fraction of sp³-hybridized carbons (Fsp3) is 0.318. The van der Waals surface area contributed by atoms with Crippen LogP contribution >= 0.6 is 15.9 Å². The van der Waals surface area contributed by atoms with Gasteiger partial charge in [0.15, 0.2) is 0 Å². The topological polar surface area (TPSA) is 78.5 Å². The van der Waals surface area contributed by atoms with Gasteiger partial charge < -0.3 is 5.32 Å². The highest BCUT2D eigenvalue weighted by Crippen LogP contribution is 2.53. The van der Waals surface area contributed by atoms with Gasteiger partial charge in [-0.25, -0.2) is 0 Å². The first-order valence-corrected chi connectivity index (χ1v) is 10.5. The summed E-state index contributed by atoms with van der Waals surface area (Å²) in [6, 6.07) is 15.0. The smallest absolute Gasteiger partial charge is 0.250 e. The van der Waals surface area contributed by atoms with Crippen molar-refractivity contribution in [3.05, 3.63) is 64.1 Å². The van der Waals surface area contributed by atoms with Gasteiger partial charge >= 0.3 is 0 Å². The average Bonchev–Trinajstić information content (AvgIpc) is 3.26. The molecule has 5 rings (SSSR count). The summed E-state index contributed by atoms with van der Waals surface area (Å²) in [5.41, 5.74) is 1.26. The number of rotatable bonds is 3. The minimum atomic E-state index is -1.21. The number of hydrogen-bond acceptors (Lipinski definition) is 4. The minimum absolute atomic E-state index is 0.191. The molecule has 0 radical (unpaired) electrons. The van der Waals surface area contributed by atoms with Crippen LogP contribution in [0.2, 0.25) is 0 Å². The predicted molar refractivity (Wildman–Crippen MR) is 111 cm³/mol. The van der Waals surface area contributed by atoms with Crippen molar-refractivity contribution >= 4 is 39.3 Å². The minimum Gasteiger partial charge on any atom is -0.324 e. The molecular weight excluding hydrogens is 434 g/mol. The maximum Gasteiger partial charge on any atom is 0.250 e. The maximum atomic E-state index is 13.4. The molecule has 2 aromatic rings. The molecule has 3 aliphatic rings. The quantitative estimate of drug-likeness (QED) is 0.699. The van der Waals surface area contributed by atoms with E-state index in [4.69, 9.17) is 0 Å². The van der Waals surface area contributed by atoms with Gasteiger partial charge in [-0.3, -0.25) is 24.6 Å². The fourth-order valence-corrected chi connectivity index (χ4v) is 5.46. The zero-order valence-electron chi connectivity index (χ0n) is 15.8. The van der Waals surface area contributed by atoms with Crippen molar-refractivity contribution in [1.29, 1.82) is 0 Å². The molecule has 7 heteroatoms. The molecule has 3 heterocycles. The van der Waals surface area contributed by atoms with E-state index < -0.39 is 17.4 Å². The van der Waals surface area contributed by atoms with Gasteiger partial charge in [0.1, 0.15) is 5.54 Å². The number of amides is 3. The zero-order chi connectivity index (χ0) is 20.3. The summed E-state index contributed by atoms with van der Waals surface area (Å²) in [7, 11) is 0. The molecule has 2 unspecified atom stereocenters. The summed E-state index contributed by atoms with van der Waals surface area (Å²) < 4.78 is 0.822. The third kappa shape index (κ3) is 2.53. The molecule has 148 valence electrons. The highest BCUT2D eigenvalue weighted by molar-refractivity contribution is 9.10. The van der Waals surface area contributed by atoms with Crippen LogP contribution < -0.4 is 10.6 Å². The van der Waals surface area contributed by atoms with Crippen molar-refractivity contribution in [3.8, 4) is 0 Å². The Balaban J connectivity index is 1.52. The number of nitrogens with one attached hydrogen (secondary N) is 2. The number of carbonyl (C=O) groups excluding carboxylic acids is 3. The van der Waals surface area contributed by atoms with Crippen LogP contribution in [0.25, 0.3) is 0 Å². The summed E-state index contributed by atoms with van der Waals surface area (Å²) in [6.07, 6.45) is 0.598. The van der Waals surface area contributed by atoms with E-state index in [0.29, 0.717) is 18.7 Å². The largest absolute Gasteiger partial charge is 0.324 e. The summed E-state index contributed by atoms with van der Waals surface area (Å²) in [4.78, 5) is 41.1. The molecule has 2 fully saturated rings. The molecule has 2 N–H and O–H groups in total. The van der Waals surface area contributed by atoms with Gasteiger partial charge in [-0.05, 0) is 37.1 Å². The lowest BCUT2D eigenvalue weighted by Crippen LogP contribution is -2.53. The molecule has 3 aliphatic heterocycles. The van der Waals surface area contributed by atoms with E-state index in [0.717, 1.165) is 15.6 Å². The van der Waals surface area contributed by atoms with Gasteiger partial charge in [0.2, 0.25) is 17.7 Å². The molecule has 6 nitrogen and oxygen atoms in total. The number of anilines is 1. The number of benzene rings is 2. The normalized spacial score (nSPS) is 30.1. The Morgan fingerprint density at radius 2 is 1.83 bits per heavy atom. The Morgan fingerprint density at radius 1 is 1.07 bits per heavy atom. The molecular formula is C22H20BrN3O3. The summed E-state index contributed by atoms with van der Waals surface area (Å²) in [6.45, 7) is 2.20. The third-order valence-corrected chi connectivity index (χ3v) is 6.88. The van der Waals surface area contributed by atoms with E-state index in [1.54, 1.807) is 0 Å². The van der Waals surface area contributed by atoms with Gasteiger partial charge in [0, 0.05) is 28.3 Å². The van der Waals surface area contributed by atoms with E-state index in [2.05, 4.69) is 26.6 Å². The maximum absolute atomic E-state index is 13.4.